The number of halogens is 1. The fourth-order valence-corrected chi connectivity index (χ4v) is 3.27. The van der Waals surface area contributed by atoms with Crippen molar-refractivity contribution in [2.45, 2.75) is 19.5 Å². The first-order chi connectivity index (χ1) is 13.4. The summed E-state index contributed by atoms with van der Waals surface area (Å²) in [6.07, 6.45) is 1.64. The summed E-state index contributed by atoms with van der Waals surface area (Å²) in [7, 11) is 0. The molecule has 1 aliphatic heterocycles. The largest absolute Gasteiger partial charge is 0.299 e. The number of aliphatic imine (C=N–C) groups is 1. The van der Waals surface area contributed by atoms with Gasteiger partial charge in [-0.3, -0.25) is 20.4 Å². The Morgan fingerprint density at radius 3 is 2.43 bits per heavy atom. The molecule has 3 aromatic rings. The Hall–Kier alpha value is -3.38. The normalized spacial score (nSPS) is 19.1. The molecule has 5 nitrogen and oxygen atoms in total. The predicted molar refractivity (Wildman–Crippen MR) is 107 cm³/mol. The smallest absolute Gasteiger partial charge is 0.274 e. The number of hydrogen-bond acceptors (Lipinski definition) is 4. The molecule has 28 heavy (non-hydrogen) atoms. The molecule has 0 aliphatic carbocycles. The summed E-state index contributed by atoms with van der Waals surface area (Å²) >= 11 is 0. The highest BCUT2D eigenvalue weighted by Gasteiger charge is 2.39. The minimum atomic E-state index is -1.60. The minimum Gasteiger partial charge on any atom is -0.299 e. The van der Waals surface area contributed by atoms with E-state index in [1.807, 2.05) is 25.1 Å². The van der Waals surface area contributed by atoms with Crippen LogP contribution in [0.1, 0.15) is 23.6 Å². The minimum absolute atomic E-state index is 0.290. The third kappa shape index (κ3) is 2.97. The van der Waals surface area contributed by atoms with Gasteiger partial charge in [-0.1, -0.05) is 30.3 Å². The zero-order chi connectivity index (χ0) is 19.9. The second kappa shape index (κ2) is 6.65. The van der Waals surface area contributed by atoms with E-state index < -0.39 is 17.4 Å². The van der Waals surface area contributed by atoms with Gasteiger partial charge in [-0.15, -0.1) is 0 Å². The van der Waals surface area contributed by atoms with Crippen LogP contribution in [-0.2, 0) is 4.79 Å². The molecule has 6 heteroatoms. The van der Waals surface area contributed by atoms with Gasteiger partial charge in [0.15, 0.2) is 5.66 Å². The highest BCUT2D eigenvalue weighted by Crippen LogP contribution is 2.35. The van der Waals surface area contributed by atoms with Gasteiger partial charge in [-0.2, -0.15) is 0 Å². The number of pyridine rings is 1. The van der Waals surface area contributed by atoms with E-state index in [-0.39, 0.29) is 0 Å². The van der Waals surface area contributed by atoms with Crippen LogP contribution in [0.5, 0.6) is 0 Å². The van der Waals surface area contributed by atoms with Crippen molar-refractivity contribution in [2.75, 3.05) is 4.90 Å². The first kappa shape index (κ1) is 18.0. The molecular weight excluding hydrogens is 355 g/mol. The molecule has 1 aromatic heterocycles. The quantitative estimate of drug-likeness (QED) is 0.743. The van der Waals surface area contributed by atoms with E-state index in [4.69, 9.17) is 5.73 Å². The lowest BCUT2D eigenvalue weighted by molar-refractivity contribution is -0.122. The van der Waals surface area contributed by atoms with Crippen LogP contribution in [0.2, 0.25) is 0 Å². The molecule has 0 saturated heterocycles. The topological polar surface area (TPSA) is 71.6 Å². The van der Waals surface area contributed by atoms with E-state index in [2.05, 4.69) is 9.98 Å². The standard InChI is InChI=1S/C22H19FN4O/c1-14-11-12-25-19(13-14)27-18-10-6-4-8-16(18)20(26-22(2,24)21(27)28)15-7-3-5-9-17(15)23/h3-13H,24H2,1-2H3. The van der Waals surface area contributed by atoms with Crippen LogP contribution in [0.4, 0.5) is 15.9 Å². The number of anilines is 2. The number of benzodiazepines with no additional fused rings is 1. The molecular formula is C22H19FN4O. The third-order valence-electron chi connectivity index (χ3n) is 4.64. The van der Waals surface area contributed by atoms with Crippen LogP contribution in [0.3, 0.4) is 0 Å². The van der Waals surface area contributed by atoms with Crippen LogP contribution >= 0.6 is 0 Å². The molecule has 1 amide bonds. The maximum absolute atomic E-state index is 14.6. The van der Waals surface area contributed by atoms with Crippen molar-refractivity contribution in [1.29, 1.82) is 0 Å². The molecule has 2 N–H and O–H groups in total. The summed E-state index contributed by atoms with van der Waals surface area (Å²) in [5.41, 5.74) is 7.47. The average Bonchev–Trinajstić information content (AvgIpc) is 2.75. The average molecular weight is 374 g/mol. The highest BCUT2D eigenvalue weighted by molar-refractivity contribution is 6.22. The van der Waals surface area contributed by atoms with Crippen molar-refractivity contribution in [3.63, 3.8) is 0 Å². The van der Waals surface area contributed by atoms with Gasteiger partial charge in [0.25, 0.3) is 5.91 Å². The second-order valence-corrected chi connectivity index (χ2v) is 6.94. The zero-order valence-corrected chi connectivity index (χ0v) is 15.6. The van der Waals surface area contributed by atoms with Crippen LogP contribution < -0.4 is 10.6 Å². The van der Waals surface area contributed by atoms with Gasteiger partial charge in [-0.05, 0) is 49.7 Å². The Morgan fingerprint density at radius 1 is 1.04 bits per heavy atom. The molecule has 0 fully saturated rings. The summed E-state index contributed by atoms with van der Waals surface area (Å²) < 4.78 is 14.6. The molecule has 0 spiro atoms. The molecule has 1 aliphatic rings. The van der Waals surface area contributed by atoms with Crippen molar-refractivity contribution in [3.05, 3.63) is 89.4 Å². The van der Waals surface area contributed by atoms with Gasteiger partial charge in [0.05, 0.1) is 11.4 Å². The molecule has 2 heterocycles. The van der Waals surface area contributed by atoms with Gasteiger partial charge in [-0.25, -0.2) is 9.37 Å². The van der Waals surface area contributed by atoms with Crippen molar-refractivity contribution >= 4 is 23.1 Å². The van der Waals surface area contributed by atoms with Gasteiger partial charge in [0.2, 0.25) is 0 Å². The lowest BCUT2D eigenvalue weighted by Gasteiger charge is -2.27. The molecule has 0 radical (unpaired) electrons. The Bertz CT molecular complexity index is 1110. The molecule has 0 saturated carbocycles. The fourth-order valence-electron chi connectivity index (χ4n) is 3.27. The number of rotatable bonds is 2. The van der Waals surface area contributed by atoms with E-state index in [0.717, 1.165) is 5.56 Å². The summed E-state index contributed by atoms with van der Waals surface area (Å²) in [5.74, 6) is -0.426. The maximum Gasteiger partial charge on any atom is 0.274 e. The number of nitrogens with zero attached hydrogens (tertiary/aromatic N) is 3. The van der Waals surface area contributed by atoms with Gasteiger partial charge in [0.1, 0.15) is 11.6 Å². The second-order valence-electron chi connectivity index (χ2n) is 6.94. The number of aromatic nitrogens is 1. The monoisotopic (exact) mass is 374 g/mol. The van der Waals surface area contributed by atoms with Crippen LogP contribution in [0.25, 0.3) is 0 Å². The summed E-state index contributed by atoms with van der Waals surface area (Å²) in [5, 5.41) is 0. The molecule has 1 atom stereocenters. The van der Waals surface area contributed by atoms with Crippen molar-refractivity contribution in [1.82, 2.24) is 4.98 Å². The number of carbonyl (C=O) groups excluding carboxylic acids is 1. The third-order valence-corrected chi connectivity index (χ3v) is 4.64. The number of aryl methyl sites for hydroxylation is 1. The molecule has 2 aromatic carbocycles. The first-order valence-electron chi connectivity index (χ1n) is 8.89. The van der Waals surface area contributed by atoms with E-state index in [1.165, 1.54) is 17.9 Å². The van der Waals surface area contributed by atoms with Gasteiger partial charge < -0.3 is 0 Å². The summed E-state index contributed by atoms with van der Waals surface area (Å²) in [6, 6.07) is 17.2. The highest BCUT2D eigenvalue weighted by atomic mass is 19.1. The SMILES string of the molecule is Cc1ccnc(N2C(=O)C(C)(N)N=C(c3ccccc3F)c3ccccc32)c1. The van der Waals surface area contributed by atoms with E-state index in [9.17, 15) is 9.18 Å². The van der Waals surface area contributed by atoms with Gasteiger partial charge in [0, 0.05) is 17.3 Å². The maximum atomic E-state index is 14.6. The Labute approximate surface area is 162 Å². The number of benzene rings is 2. The summed E-state index contributed by atoms with van der Waals surface area (Å²) in [6.45, 7) is 3.44. The number of carbonyl (C=O) groups is 1. The molecule has 1 unspecified atom stereocenters. The number of para-hydroxylation sites is 1. The number of nitrogens with two attached hydrogens (primary N) is 1. The van der Waals surface area contributed by atoms with Crippen molar-refractivity contribution < 1.29 is 9.18 Å². The Kier molecular flexibility index (Phi) is 4.28. The Balaban J connectivity index is 2.02. The fraction of sp³-hybridized carbons (Fsp3) is 0.136. The molecule has 4 rings (SSSR count). The molecule has 140 valence electrons. The number of fused-ring (bicyclic) bond motifs is 1. The van der Waals surface area contributed by atoms with Crippen LogP contribution in [-0.4, -0.2) is 22.3 Å². The number of amides is 1. The number of hydrogen-bond donors (Lipinski definition) is 1. The van der Waals surface area contributed by atoms with E-state index in [0.29, 0.717) is 28.3 Å². The van der Waals surface area contributed by atoms with Crippen LogP contribution in [0, 0.1) is 12.7 Å². The summed E-state index contributed by atoms with van der Waals surface area (Å²) in [4.78, 5) is 23.7. The van der Waals surface area contributed by atoms with Crippen molar-refractivity contribution in [3.8, 4) is 0 Å². The first-order valence-corrected chi connectivity index (χ1v) is 8.89. The van der Waals surface area contributed by atoms with E-state index >= 15 is 0 Å². The van der Waals surface area contributed by atoms with E-state index in [1.54, 1.807) is 42.6 Å². The Morgan fingerprint density at radius 2 is 1.71 bits per heavy atom. The predicted octanol–water partition coefficient (Wildman–Crippen LogP) is 3.72. The van der Waals surface area contributed by atoms with Crippen LogP contribution in [0.15, 0.2) is 71.9 Å². The molecule has 0 bridgehead atoms. The van der Waals surface area contributed by atoms with Gasteiger partial charge >= 0.3 is 0 Å². The lowest BCUT2D eigenvalue weighted by Crippen LogP contribution is -2.50. The zero-order valence-electron chi connectivity index (χ0n) is 15.6. The lowest BCUT2D eigenvalue weighted by atomic mass is 9.99. The van der Waals surface area contributed by atoms with Crippen molar-refractivity contribution in [2.24, 2.45) is 10.7 Å².